The number of nitrogens with one attached hydrogen (secondary N) is 2. The molecule has 0 radical (unpaired) electrons. The van der Waals surface area contributed by atoms with Gasteiger partial charge in [0.25, 0.3) is 0 Å². The summed E-state index contributed by atoms with van der Waals surface area (Å²) >= 11 is 6.11. The molecule has 2 heterocycles. The molecule has 20 heavy (non-hydrogen) atoms. The highest BCUT2D eigenvalue weighted by Gasteiger charge is 2.11. The predicted molar refractivity (Wildman–Crippen MR) is 81.2 cm³/mol. The third-order valence-corrected chi connectivity index (χ3v) is 3.45. The Morgan fingerprint density at radius 1 is 1.30 bits per heavy atom. The molecule has 7 heteroatoms. The molecule has 0 fully saturated rings. The second-order valence-corrected chi connectivity index (χ2v) is 4.95. The second-order valence-electron chi connectivity index (χ2n) is 4.55. The lowest BCUT2D eigenvalue weighted by Crippen LogP contribution is -2.08. The second kappa shape index (κ2) is 6.09. The van der Waals surface area contributed by atoms with Crippen molar-refractivity contribution in [2.45, 2.75) is 27.3 Å². The van der Waals surface area contributed by atoms with Crippen LogP contribution in [0.5, 0.6) is 0 Å². The molecule has 0 aliphatic heterocycles. The zero-order chi connectivity index (χ0) is 14.7. The molecule has 0 aromatic carbocycles. The average Bonchev–Trinajstić information content (AvgIpc) is 2.65. The van der Waals surface area contributed by atoms with Crippen molar-refractivity contribution in [1.29, 1.82) is 0 Å². The molecule has 0 aliphatic rings. The Hall–Kier alpha value is -1.82. The number of aryl methyl sites for hydroxylation is 2. The average molecular weight is 295 g/mol. The van der Waals surface area contributed by atoms with Crippen LogP contribution in [0.3, 0.4) is 0 Å². The molecule has 108 valence electrons. The fourth-order valence-electron chi connectivity index (χ4n) is 1.98. The van der Waals surface area contributed by atoms with Crippen molar-refractivity contribution in [2.24, 2.45) is 7.05 Å². The normalized spacial score (nSPS) is 10.7. The van der Waals surface area contributed by atoms with Gasteiger partial charge in [-0.2, -0.15) is 10.1 Å². The molecule has 0 atom stereocenters. The van der Waals surface area contributed by atoms with Crippen molar-refractivity contribution in [2.75, 3.05) is 17.2 Å². The van der Waals surface area contributed by atoms with Crippen molar-refractivity contribution < 1.29 is 0 Å². The van der Waals surface area contributed by atoms with Gasteiger partial charge >= 0.3 is 0 Å². The van der Waals surface area contributed by atoms with Gasteiger partial charge in [0, 0.05) is 31.4 Å². The Balaban J connectivity index is 2.16. The first-order valence-electron chi connectivity index (χ1n) is 6.52. The smallest absolute Gasteiger partial charge is 0.224 e. The largest absolute Gasteiger partial charge is 0.364 e. The monoisotopic (exact) mass is 294 g/mol. The summed E-state index contributed by atoms with van der Waals surface area (Å²) in [6.45, 7) is 7.43. The fourth-order valence-corrected chi connectivity index (χ4v) is 2.14. The molecule has 0 saturated carbocycles. The minimum Gasteiger partial charge on any atom is -0.364 e. The first-order chi connectivity index (χ1) is 9.52. The van der Waals surface area contributed by atoms with Crippen molar-refractivity contribution >= 4 is 23.4 Å². The standard InChI is InChI=1S/C13H19ClN6/c1-5-15-13-17-7-11(14)12(18-13)16-6-10-8(2)19-20(4)9(10)3/h7H,5-6H2,1-4H3,(H2,15,16,17,18). The topological polar surface area (TPSA) is 67.7 Å². The van der Waals surface area contributed by atoms with E-state index in [4.69, 9.17) is 11.6 Å². The third kappa shape index (κ3) is 3.01. The lowest BCUT2D eigenvalue weighted by Gasteiger charge is -2.09. The van der Waals surface area contributed by atoms with Crippen LogP contribution in [0, 0.1) is 13.8 Å². The van der Waals surface area contributed by atoms with Gasteiger partial charge in [-0.1, -0.05) is 11.6 Å². The van der Waals surface area contributed by atoms with Gasteiger partial charge in [0.1, 0.15) is 5.02 Å². The highest BCUT2D eigenvalue weighted by molar-refractivity contribution is 6.32. The number of nitrogens with zero attached hydrogens (tertiary/aromatic N) is 4. The summed E-state index contributed by atoms with van der Waals surface area (Å²) in [5, 5.41) is 11.2. The summed E-state index contributed by atoms with van der Waals surface area (Å²) in [4.78, 5) is 8.46. The molecule has 2 N–H and O–H groups in total. The van der Waals surface area contributed by atoms with E-state index in [1.54, 1.807) is 6.20 Å². The number of halogens is 1. The Labute approximate surface area is 123 Å². The lowest BCUT2D eigenvalue weighted by atomic mass is 10.2. The zero-order valence-corrected chi connectivity index (χ0v) is 12.9. The molecule has 0 amide bonds. The highest BCUT2D eigenvalue weighted by atomic mass is 35.5. The van der Waals surface area contributed by atoms with Crippen molar-refractivity contribution in [1.82, 2.24) is 19.7 Å². The van der Waals surface area contributed by atoms with Gasteiger partial charge in [-0.25, -0.2) is 4.98 Å². The number of rotatable bonds is 5. The van der Waals surface area contributed by atoms with Crippen LogP contribution in [0.4, 0.5) is 11.8 Å². The van der Waals surface area contributed by atoms with E-state index in [0.717, 1.165) is 23.5 Å². The highest BCUT2D eigenvalue weighted by Crippen LogP contribution is 2.21. The number of aromatic nitrogens is 4. The van der Waals surface area contributed by atoms with Gasteiger partial charge < -0.3 is 10.6 Å². The Morgan fingerprint density at radius 2 is 2.05 bits per heavy atom. The van der Waals surface area contributed by atoms with Gasteiger partial charge in [0.2, 0.25) is 5.95 Å². The number of hydrogen-bond acceptors (Lipinski definition) is 5. The molecule has 0 saturated heterocycles. The lowest BCUT2D eigenvalue weighted by molar-refractivity contribution is 0.730. The molecule has 0 unspecified atom stereocenters. The third-order valence-electron chi connectivity index (χ3n) is 3.17. The minimum atomic E-state index is 0.505. The van der Waals surface area contributed by atoms with E-state index in [1.165, 1.54) is 0 Å². The van der Waals surface area contributed by atoms with E-state index in [2.05, 4.69) is 25.7 Å². The first-order valence-corrected chi connectivity index (χ1v) is 6.90. The SMILES string of the molecule is CCNc1ncc(Cl)c(NCc2c(C)nn(C)c2C)n1. The van der Waals surface area contributed by atoms with Crippen LogP contribution in [-0.4, -0.2) is 26.3 Å². The van der Waals surface area contributed by atoms with Crippen LogP contribution < -0.4 is 10.6 Å². The minimum absolute atomic E-state index is 0.505. The number of hydrogen-bond donors (Lipinski definition) is 2. The van der Waals surface area contributed by atoms with Gasteiger partial charge in [-0.15, -0.1) is 0 Å². The molecule has 6 nitrogen and oxygen atoms in total. The molecule has 2 aromatic heterocycles. The van der Waals surface area contributed by atoms with Crippen LogP contribution in [0.1, 0.15) is 23.9 Å². The Morgan fingerprint density at radius 3 is 2.65 bits per heavy atom. The molecular weight excluding hydrogens is 276 g/mol. The maximum absolute atomic E-state index is 6.11. The van der Waals surface area contributed by atoms with Gasteiger partial charge in [-0.05, 0) is 20.8 Å². The fraction of sp³-hybridized carbons (Fsp3) is 0.462. The summed E-state index contributed by atoms with van der Waals surface area (Å²) in [6, 6.07) is 0. The summed E-state index contributed by atoms with van der Waals surface area (Å²) in [6.07, 6.45) is 1.60. The van der Waals surface area contributed by atoms with Gasteiger partial charge in [-0.3, -0.25) is 4.68 Å². The van der Waals surface area contributed by atoms with E-state index in [0.29, 0.717) is 23.3 Å². The molecular formula is C13H19ClN6. The molecule has 2 aromatic rings. The summed E-state index contributed by atoms with van der Waals surface area (Å²) in [7, 11) is 1.94. The Bertz CT molecular complexity index is 607. The maximum Gasteiger partial charge on any atom is 0.224 e. The van der Waals surface area contributed by atoms with E-state index in [-0.39, 0.29) is 0 Å². The Kier molecular flexibility index (Phi) is 4.44. The molecule has 0 spiro atoms. The van der Waals surface area contributed by atoms with Crippen molar-refractivity contribution in [3.8, 4) is 0 Å². The van der Waals surface area contributed by atoms with Crippen molar-refractivity contribution in [3.63, 3.8) is 0 Å². The van der Waals surface area contributed by atoms with Crippen LogP contribution in [-0.2, 0) is 13.6 Å². The van der Waals surface area contributed by atoms with E-state index < -0.39 is 0 Å². The maximum atomic E-state index is 6.11. The molecule has 0 bridgehead atoms. The number of anilines is 2. The first kappa shape index (κ1) is 14.6. The van der Waals surface area contributed by atoms with Crippen molar-refractivity contribution in [3.05, 3.63) is 28.2 Å². The van der Waals surface area contributed by atoms with Crippen LogP contribution in [0.15, 0.2) is 6.20 Å². The molecule has 2 rings (SSSR count). The van der Waals surface area contributed by atoms with E-state index in [1.807, 2.05) is 32.5 Å². The molecule has 0 aliphatic carbocycles. The summed E-state index contributed by atoms with van der Waals surface area (Å²) in [5.74, 6) is 1.19. The predicted octanol–water partition coefficient (Wildman–Crippen LogP) is 2.52. The summed E-state index contributed by atoms with van der Waals surface area (Å²) in [5.41, 5.74) is 3.30. The zero-order valence-electron chi connectivity index (χ0n) is 12.2. The van der Waals surface area contributed by atoms with Gasteiger partial charge in [0.05, 0.1) is 11.9 Å². The quantitative estimate of drug-likeness (QED) is 0.887. The van der Waals surface area contributed by atoms with Crippen LogP contribution >= 0.6 is 11.6 Å². The van der Waals surface area contributed by atoms with E-state index in [9.17, 15) is 0 Å². The van der Waals surface area contributed by atoms with E-state index >= 15 is 0 Å². The van der Waals surface area contributed by atoms with Gasteiger partial charge in [0.15, 0.2) is 5.82 Å². The van der Waals surface area contributed by atoms with Crippen LogP contribution in [0.2, 0.25) is 5.02 Å². The van der Waals surface area contributed by atoms with Crippen LogP contribution in [0.25, 0.3) is 0 Å². The summed E-state index contributed by atoms with van der Waals surface area (Å²) < 4.78 is 1.87.